The summed E-state index contributed by atoms with van der Waals surface area (Å²) < 4.78 is 51.0. The second-order valence-corrected chi connectivity index (χ2v) is 5.65. The Kier molecular flexibility index (Phi) is 1.57. The van der Waals surface area contributed by atoms with Crippen LogP contribution in [0.25, 0.3) is 31.3 Å². The predicted molar refractivity (Wildman–Crippen MR) is 89.5 cm³/mol. The Labute approximate surface area is 130 Å². The largest absolute Gasteiger partial charge is 0.135 e. The molecule has 0 atom stereocenters. The number of rotatable bonds is 1. The van der Waals surface area contributed by atoms with Gasteiger partial charge in [-0.1, -0.05) is 60.5 Å². The van der Waals surface area contributed by atoms with Crippen molar-refractivity contribution in [3.63, 3.8) is 0 Å². The molecule has 1 heterocycles. The Morgan fingerprint density at radius 1 is 0.950 bits per heavy atom. The summed E-state index contributed by atoms with van der Waals surface area (Å²) in [6.45, 7) is 1.65. The average molecular weight is 280 g/mol. The smallest absolute Gasteiger partial charge is 0.0641 e. The van der Waals surface area contributed by atoms with Crippen LogP contribution in [0.2, 0.25) is 0 Å². The van der Waals surface area contributed by atoms with Gasteiger partial charge in [0.1, 0.15) is 0 Å². The fraction of sp³-hybridized carbons (Fsp3) is 0.0526. The van der Waals surface area contributed by atoms with Crippen molar-refractivity contribution in [3.8, 4) is 11.1 Å². The molecule has 0 unspecified atom stereocenters. The normalized spacial score (nSPS) is 15.4. The Hall–Kier alpha value is -2.12. The van der Waals surface area contributed by atoms with Crippen LogP contribution in [0.5, 0.6) is 0 Å². The first-order chi connectivity index (χ1) is 12.3. The molecular formula is C19H14S. The van der Waals surface area contributed by atoms with Crippen molar-refractivity contribution < 1.29 is 8.22 Å². The molecular weight excluding hydrogens is 260 g/mol. The Bertz CT molecular complexity index is 1190. The van der Waals surface area contributed by atoms with E-state index in [-0.39, 0.29) is 36.3 Å². The van der Waals surface area contributed by atoms with E-state index in [1.165, 1.54) is 11.3 Å². The molecule has 0 amide bonds. The van der Waals surface area contributed by atoms with Crippen molar-refractivity contribution in [1.29, 1.82) is 0 Å². The van der Waals surface area contributed by atoms with Gasteiger partial charge in [0.25, 0.3) is 0 Å². The molecule has 96 valence electrons. The Morgan fingerprint density at radius 2 is 1.80 bits per heavy atom. The van der Waals surface area contributed by atoms with E-state index in [0.717, 1.165) is 5.56 Å². The molecule has 0 saturated carbocycles. The minimum absolute atomic E-state index is 0.0237. The summed E-state index contributed by atoms with van der Waals surface area (Å²) in [5.74, 6) is 0. The standard InChI is InChI=1S/C19H14S/c1-13-10-11-16-17-9-5-8-15(14-6-3-2-4-7-14)19(17)20-18(16)12-13/h2-12H,1H3/i5D,8D,9D,10D,11D,12D. The SMILES string of the molecule is [2H]c1c([2H])c([2H])c2c(sc3c([2H])c(C)c([2H])c([2H])c32)c1-c1ccccc1. The first-order valence-electron chi connectivity index (χ1n) is 9.32. The zero-order valence-electron chi connectivity index (χ0n) is 16.8. The maximum absolute atomic E-state index is 8.39. The van der Waals surface area contributed by atoms with Crippen LogP contribution in [-0.4, -0.2) is 0 Å². The van der Waals surface area contributed by atoms with Gasteiger partial charge >= 0.3 is 0 Å². The molecule has 0 nitrogen and oxygen atoms in total. The third kappa shape index (κ3) is 1.75. The molecule has 1 heteroatoms. The zero-order valence-corrected chi connectivity index (χ0v) is 11.6. The third-order valence-corrected chi connectivity index (χ3v) is 4.37. The van der Waals surface area contributed by atoms with Crippen molar-refractivity contribution in [2.75, 3.05) is 0 Å². The highest BCUT2D eigenvalue weighted by Crippen LogP contribution is 2.39. The van der Waals surface area contributed by atoms with Crippen molar-refractivity contribution in [1.82, 2.24) is 0 Å². The fourth-order valence-electron chi connectivity index (χ4n) is 2.31. The summed E-state index contributed by atoms with van der Waals surface area (Å²) in [6.07, 6.45) is 0. The van der Waals surface area contributed by atoms with Crippen molar-refractivity contribution in [3.05, 3.63) is 72.1 Å². The molecule has 0 spiro atoms. The van der Waals surface area contributed by atoms with Gasteiger partial charge in [-0.05, 0) is 29.7 Å². The molecule has 3 aromatic carbocycles. The van der Waals surface area contributed by atoms with Crippen molar-refractivity contribution in [2.24, 2.45) is 0 Å². The summed E-state index contributed by atoms with van der Waals surface area (Å²) in [5.41, 5.74) is 1.74. The van der Waals surface area contributed by atoms with E-state index in [0.29, 0.717) is 31.3 Å². The molecule has 0 bridgehead atoms. The third-order valence-electron chi connectivity index (χ3n) is 3.25. The van der Waals surface area contributed by atoms with Crippen LogP contribution in [0.15, 0.2) is 66.6 Å². The highest BCUT2D eigenvalue weighted by molar-refractivity contribution is 7.26. The maximum atomic E-state index is 8.39. The Balaban J connectivity index is 2.32. The second-order valence-electron chi connectivity index (χ2n) is 4.63. The molecule has 1 aromatic heterocycles. The number of hydrogen-bond donors (Lipinski definition) is 0. The van der Waals surface area contributed by atoms with E-state index in [4.69, 9.17) is 8.22 Å². The van der Waals surface area contributed by atoms with Gasteiger partial charge in [0.15, 0.2) is 0 Å². The van der Waals surface area contributed by atoms with Gasteiger partial charge in [-0.2, -0.15) is 0 Å². The first kappa shape index (κ1) is 7.05. The minimum Gasteiger partial charge on any atom is -0.135 e. The molecule has 0 N–H and O–H groups in total. The van der Waals surface area contributed by atoms with E-state index in [9.17, 15) is 0 Å². The number of benzene rings is 3. The summed E-state index contributed by atoms with van der Waals surface area (Å²) in [4.78, 5) is 0. The number of fused-ring (bicyclic) bond motifs is 3. The molecule has 4 aromatic rings. The van der Waals surface area contributed by atoms with E-state index in [2.05, 4.69) is 0 Å². The summed E-state index contributed by atoms with van der Waals surface area (Å²) in [6, 6.07) is 9.06. The summed E-state index contributed by atoms with van der Waals surface area (Å²) >= 11 is 1.27. The topological polar surface area (TPSA) is 0 Å². The monoisotopic (exact) mass is 280 g/mol. The summed E-state index contributed by atoms with van der Waals surface area (Å²) in [7, 11) is 0. The van der Waals surface area contributed by atoms with Gasteiger partial charge in [-0.15, -0.1) is 11.3 Å². The Morgan fingerprint density at radius 3 is 2.65 bits per heavy atom. The van der Waals surface area contributed by atoms with Crippen LogP contribution in [-0.2, 0) is 0 Å². The van der Waals surface area contributed by atoms with Crippen LogP contribution in [0.1, 0.15) is 13.8 Å². The van der Waals surface area contributed by atoms with Gasteiger partial charge in [0.05, 0.1) is 8.22 Å². The molecule has 20 heavy (non-hydrogen) atoms. The van der Waals surface area contributed by atoms with Crippen molar-refractivity contribution in [2.45, 2.75) is 6.92 Å². The van der Waals surface area contributed by atoms with Crippen molar-refractivity contribution >= 4 is 31.5 Å². The molecule has 4 rings (SSSR count). The highest BCUT2D eigenvalue weighted by atomic mass is 32.1. The van der Waals surface area contributed by atoms with Gasteiger partial charge in [0.2, 0.25) is 0 Å². The van der Waals surface area contributed by atoms with E-state index < -0.39 is 0 Å². The lowest BCUT2D eigenvalue weighted by Crippen LogP contribution is -1.76. The first-order valence-corrected chi connectivity index (χ1v) is 7.14. The molecule has 0 aliphatic rings. The predicted octanol–water partition coefficient (Wildman–Crippen LogP) is 6.03. The maximum Gasteiger partial charge on any atom is 0.0641 e. The quantitative estimate of drug-likeness (QED) is 0.399. The number of thiophene rings is 1. The molecule has 0 aliphatic carbocycles. The van der Waals surface area contributed by atoms with Gasteiger partial charge in [-0.3, -0.25) is 0 Å². The van der Waals surface area contributed by atoms with E-state index in [1.54, 1.807) is 6.92 Å². The van der Waals surface area contributed by atoms with Gasteiger partial charge in [0, 0.05) is 20.2 Å². The summed E-state index contributed by atoms with van der Waals surface area (Å²) in [5, 5.41) is 0.776. The molecule has 0 fully saturated rings. The van der Waals surface area contributed by atoms with E-state index in [1.807, 2.05) is 30.3 Å². The molecule has 0 radical (unpaired) electrons. The highest BCUT2D eigenvalue weighted by Gasteiger charge is 2.09. The molecule has 0 saturated heterocycles. The van der Waals surface area contributed by atoms with Crippen LogP contribution in [0.4, 0.5) is 0 Å². The van der Waals surface area contributed by atoms with Crippen LogP contribution < -0.4 is 0 Å². The fourth-order valence-corrected chi connectivity index (χ4v) is 3.50. The van der Waals surface area contributed by atoms with Crippen LogP contribution in [0.3, 0.4) is 0 Å². The average Bonchev–Trinajstić information content (AvgIpc) is 3.04. The zero-order chi connectivity index (χ0) is 18.7. The second kappa shape index (κ2) is 4.46. The van der Waals surface area contributed by atoms with Gasteiger partial charge < -0.3 is 0 Å². The molecule has 0 aliphatic heterocycles. The number of hydrogen-bond acceptors (Lipinski definition) is 1. The lowest BCUT2D eigenvalue weighted by Gasteiger charge is -2.02. The van der Waals surface area contributed by atoms with Gasteiger partial charge in [-0.25, -0.2) is 0 Å². The lowest BCUT2D eigenvalue weighted by atomic mass is 10.0. The lowest BCUT2D eigenvalue weighted by molar-refractivity contribution is 1.52. The minimum atomic E-state index is -0.200. The van der Waals surface area contributed by atoms with Crippen LogP contribution in [0, 0.1) is 6.92 Å². The van der Waals surface area contributed by atoms with Crippen LogP contribution >= 0.6 is 11.3 Å². The van der Waals surface area contributed by atoms with E-state index >= 15 is 0 Å².